The number of hydrogen-bond donors (Lipinski definition) is 4. The van der Waals surface area contributed by atoms with Crippen molar-refractivity contribution in [2.75, 3.05) is 11.9 Å². The predicted molar refractivity (Wildman–Crippen MR) is 135 cm³/mol. The number of H-pyrrole nitrogens is 3. The molecule has 168 valence electrons. The molecule has 8 heteroatoms. The van der Waals surface area contributed by atoms with Crippen LogP contribution in [-0.4, -0.2) is 36.0 Å². The van der Waals surface area contributed by atoms with Gasteiger partial charge in [0.2, 0.25) is 0 Å². The predicted octanol–water partition coefficient (Wildman–Crippen LogP) is 4.55. The third kappa shape index (κ3) is 3.55. The average molecular weight is 450 g/mol. The second-order valence-corrected chi connectivity index (χ2v) is 8.39. The lowest BCUT2D eigenvalue weighted by Crippen LogP contribution is -2.14. The van der Waals surface area contributed by atoms with Crippen molar-refractivity contribution in [3.8, 4) is 17.1 Å². The summed E-state index contributed by atoms with van der Waals surface area (Å²) in [6.45, 7) is 2.71. The lowest BCUT2D eigenvalue weighted by Gasteiger charge is -2.10. The van der Waals surface area contributed by atoms with Gasteiger partial charge in [-0.25, -0.2) is 9.97 Å². The number of nitrogens with zero attached hydrogens (tertiary/aromatic N) is 3. The molecule has 8 nitrogen and oxygen atoms in total. The fraction of sp³-hybridized carbons (Fsp3) is 0.115. The summed E-state index contributed by atoms with van der Waals surface area (Å²) in [7, 11) is 0. The van der Waals surface area contributed by atoms with Crippen LogP contribution in [0.2, 0.25) is 0 Å². The lowest BCUT2D eigenvalue weighted by atomic mass is 10.1. The Hall–Kier alpha value is -4.59. The Morgan fingerprint density at radius 3 is 2.82 bits per heavy atom. The van der Waals surface area contributed by atoms with E-state index in [4.69, 9.17) is 4.98 Å². The molecule has 0 unspecified atom stereocenters. The van der Waals surface area contributed by atoms with Crippen LogP contribution in [0.15, 0.2) is 78.4 Å². The van der Waals surface area contributed by atoms with Gasteiger partial charge in [0.1, 0.15) is 11.4 Å². The molecule has 0 aliphatic heterocycles. The molecule has 4 aromatic heterocycles. The summed E-state index contributed by atoms with van der Waals surface area (Å²) in [6.07, 6.45) is 9.84. The Morgan fingerprint density at radius 1 is 1.03 bits per heavy atom. The summed E-state index contributed by atoms with van der Waals surface area (Å²) in [5, 5.41) is 4.63. The van der Waals surface area contributed by atoms with Gasteiger partial charge < -0.3 is 24.8 Å². The molecular formula is C26H23N7O. The number of aromatic nitrogens is 6. The van der Waals surface area contributed by atoms with E-state index in [0.717, 1.165) is 39.9 Å². The quantitative estimate of drug-likeness (QED) is 0.299. The van der Waals surface area contributed by atoms with Crippen LogP contribution in [0, 0.1) is 6.92 Å². The summed E-state index contributed by atoms with van der Waals surface area (Å²) < 4.78 is 1.94. The maximum Gasteiger partial charge on any atom is 0.261 e. The van der Waals surface area contributed by atoms with Gasteiger partial charge >= 0.3 is 0 Å². The van der Waals surface area contributed by atoms with E-state index in [9.17, 15) is 4.79 Å². The van der Waals surface area contributed by atoms with E-state index in [1.54, 1.807) is 18.7 Å². The van der Waals surface area contributed by atoms with Gasteiger partial charge in [-0.15, -0.1) is 0 Å². The minimum Gasteiger partial charge on any atom is -0.384 e. The molecule has 0 saturated carbocycles. The van der Waals surface area contributed by atoms with Crippen molar-refractivity contribution in [2.45, 2.75) is 13.3 Å². The van der Waals surface area contributed by atoms with Gasteiger partial charge in [0.05, 0.1) is 23.0 Å². The molecule has 4 heterocycles. The smallest absolute Gasteiger partial charge is 0.261 e. The minimum absolute atomic E-state index is 0.190. The molecule has 0 amide bonds. The highest BCUT2D eigenvalue weighted by Crippen LogP contribution is 2.27. The van der Waals surface area contributed by atoms with Crippen LogP contribution < -0.4 is 10.9 Å². The van der Waals surface area contributed by atoms with Crippen LogP contribution in [0.25, 0.3) is 39.0 Å². The summed E-state index contributed by atoms with van der Waals surface area (Å²) in [4.78, 5) is 31.1. The number of nitrogens with one attached hydrogen (secondary N) is 4. The SMILES string of the molecule is Cc1cc(-n2ccnc2)cc2[nH]c(-c3c(NCCc4ccc5[nH]ccc5c4)cc[nH]c3=O)nc12. The van der Waals surface area contributed by atoms with E-state index in [0.29, 0.717) is 17.9 Å². The van der Waals surface area contributed by atoms with Crippen molar-refractivity contribution in [1.82, 2.24) is 29.5 Å². The van der Waals surface area contributed by atoms with Crippen LogP contribution in [0.5, 0.6) is 0 Å². The molecule has 0 fully saturated rings. The van der Waals surface area contributed by atoms with E-state index in [1.807, 2.05) is 36.0 Å². The summed E-state index contributed by atoms with van der Waals surface area (Å²) in [6, 6.07) is 14.4. The number of aryl methyl sites for hydroxylation is 1. The monoisotopic (exact) mass is 449 g/mol. The van der Waals surface area contributed by atoms with Crippen LogP contribution in [-0.2, 0) is 6.42 Å². The molecule has 6 aromatic rings. The topological polar surface area (TPSA) is 107 Å². The van der Waals surface area contributed by atoms with Gasteiger partial charge in [0.15, 0.2) is 0 Å². The van der Waals surface area contributed by atoms with Gasteiger partial charge in [-0.3, -0.25) is 4.79 Å². The molecule has 0 aliphatic carbocycles. The maximum atomic E-state index is 12.8. The number of imidazole rings is 2. The summed E-state index contributed by atoms with van der Waals surface area (Å²) >= 11 is 0. The highest BCUT2D eigenvalue weighted by atomic mass is 16.1. The van der Waals surface area contributed by atoms with Gasteiger partial charge in [-0.1, -0.05) is 6.07 Å². The molecule has 34 heavy (non-hydrogen) atoms. The summed E-state index contributed by atoms with van der Waals surface area (Å²) in [5.41, 5.74) is 7.14. The highest BCUT2D eigenvalue weighted by Gasteiger charge is 2.16. The van der Waals surface area contributed by atoms with E-state index in [-0.39, 0.29) is 5.56 Å². The van der Waals surface area contributed by atoms with Gasteiger partial charge in [-0.2, -0.15) is 0 Å². The first-order valence-corrected chi connectivity index (χ1v) is 11.2. The van der Waals surface area contributed by atoms with Crippen LogP contribution in [0.1, 0.15) is 11.1 Å². The number of fused-ring (bicyclic) bond motifs is 2. The normalized spacial score (nSPS) is 11.4. The van der Waals surface area contributed by atoms with Gasteiger partial charge in [0, 0.05) is 42.5 Å². The minimum atomic E-state index is -0.190. The third-order valence-corrected chi connectivity index (χ3v) is 6.11. The Bertz CT molecular complexity index is 1670. The fourth-order valence-electron chi connectivity index (χ4n) is 4.41. The Balaban J connectivity index is 1.30. The molecule has 0 bridgehead atoms. The van der Waals surface area contributed by atoms with Crippen molar-refractivity contribution < 1.29 is 0 Å². The van der Waals surface area contributed by atoms with Crippen LogP contribution in [0.4, 0.5) is 5.69 Å². The second-order valence-electron chi connectivity index (χ2n) is 8.39. The van der Waals surface area contributed by atoms with Gasteiger partial charge in [0.25, 0.3) is 5.56 Å². The number of hydrogen-bond acceptors (Lipinski definition) is 4. The fourth-order valence-corrected chi connectivity index (χ4v) is 4.41. The number of aromatic amines is 3. The van der Waals surface area contributed by atoms with E-state index >= 15 is 0 Å². The first-order valence-electron chi connectivity index (χ1n) is 11.2. The second kappa shape index (κ2) is 8.08. The van der Waals surface area contributed by atoms with Crippen molar-refractivity contribution in [3.05, 3.63) is 95.1 Å². The molecule has 0 saturated heterocycles. The van der Waals surface area contributed by atoms with Crippen molar-refractivity contribution in [2.24, 2.45) is 0 Å². The summed E-state index contributed by atoms with van der Waals surface area (Å²) in [5.74, 6) is 0.541. The highest BCUT2D eigenvalue weighted by molar-refractivity contribution is 5.86. The van der Waals surface area contributed by atoms with Gasteiger partial charge in [-0.05, 0) is 66.3 Å². The molecule has 6 rings (SSSR count). The number of rotatable bonds is 6. The molecular weight excluding hydrogens is 426 g/mol. The van der Waals surface area contributed by atoms with E-state index in [2.05, 4.69) is 55.6 Å². The van der Waals surface area contributed by atoms with Crippen LogP contribution >= 0.6 is 0 Å². The molecule has 2 aromatic carbocycles. The first kappa shape index (κ1) is 20.0. The standard InChI is InChI=1S/C26H23N7O/c1-16-12-19(33-11-10-27-15-33)14-22-24(16)32-25(31-22)23-21(6-9-30-26(23)34)29-7-4-17-2-3-20-18(13-17)5-8-28-20/h2-3,5-6,8-15,28H,4,7H2,1H3,(H,31,32)(H2,29,30,34). The number of benzene rings is 2. The maximum absolute atomic E-state index is 12.8. The molecule has 0 radical (unpaired) electrons. The Morgan fingerprint density at radius 2 is 1.94 bits per heavy atom. The zero-order chi connectivity index (χ0) is 23.1. The lowest BCUT2D eigenvalue weighted by molar-refractivity contribution is 1.02. The first-order chi connectivity index (χ1) is 16.7. The number of pyridine rings is 1. The third-order valence-electron chi connectivity index (χ3n) is 6.11. The zero-order valence-corrected chi connectivity index (χ0v) is 18.6. The van der Waals surface area contributed by atoms with E-state index < -0.39 is 0 Å². The molecule has 0 spiro atoms. The largest absolute Gasteiger partial charge is 0.384 e. The Labute approximate surface area is 194 Å². The molecule has 4 N–H and O–H groups in total. The number of anilines is 1. The zero-order valence-electron chi connectivity index (χ0n) is 18.6. The molecule has 0 atom stereocenters. The Kier molecular flexibility index (Phi) is 4.76. The van der Waals surface area contributed by atoms with E-state index in [1.165, 1.54) is 10.9 Å². The van der Waals surface area contributed by atoms with Crippen LogP contribution in [0.3, 0.4) is 0 Å². The van der Waals surface area contributed by atoms with Crippen molar-refractivity contribution in [3.63, 3.8) is 0 Å². The van der Waals surface area contributed by atoms with Crippen molar-refractivity contribution >= 4 is 27.6 Å². The van der Waals surface area contributed by atoms with Crippen molar-refractivity contribution in [1.29, 1.82) is 0 Å². The average Bonchev–Trinajstić information content (AvgIpc) is 3.59. The molecule has 0 aliphatic rings.